The van der Waals surface area contributed by atoms with Gasteiger partial charge in [0, 0.05) is 73.7 Å². The summed E-state index contributed by atoms with van der Waals surface area (Å²) >= 11 is 6.37. The highest BCUT2D eigenvalue weighted by Gasteiger charge is 2.48. The first-order valence-electron chi connectivity index (χ1n) is 19.2. The van der Waals surface area contributed by atoms with Gasteiger partial charge in [-0.3, -0.25) is 39.1 Å². The second kappa shape index (κ2) is 13.4. The Morgan fingerprint density at radius 1 is 0.929 bits per heavy atom. The molecule has 14 heteroatoms. The van der Waals surface area contributed by atoms with E-state index in [-0.39, 0.29) is 48.4 Å². The van der Waals surface area contributed by atoms with Crippen LogP contribution in [-0.4, -0.2) is 106 Å². The average Bonchev–Trinajstić information content (AvgIpc) is 3.79. The summed E-state index contributed by atoms with van der Waals surface area (Å²) in [7, 11) is 0. The predicted molar refractivity (Wildman–Crippen MR) is 208 cm³/mol. The maximum atomic E-state index is 13.4. The first-order chi connectivity index (χ1) is 26.8. The van der Waals surface area contributed by atoms with Gasteiger partial charge in [-0.1, -0.05) is 17.7 Å². The van der Waals surface area contributed by atoms with Crippen LogP contribution in [0.3, 0.4) is 0 Å². The van der Waals surface area contributed by atoms with Crippen LogP contribution >= 0.6 is 11.6 Å². The quantitative estimate of drug-likeness (QED) is 0.276. The van der Waals surface area contributed by atoms with Crippen molar-refractivity contribution in [2.24, 2.45) is 5.41 Å². The van der Waals surface area contributed by atoms with Crippen LogP contribution in [0.25, 0.3) is 4.85 Å². The van der Waals surface area contributed by atoms with Gasteiger partial charge in [-0.05, 0) is 97.7 Å². The number of amides is 5. The molecule has 2 atom stereocenters. The molecule has 0 bridgehead atoms. The number of hydrogen-bond donors (Lipinski definition) is 2. The first kappa shape index (κ1) is 36.4. The zero-order chi connectivity index (χ0) is 39.1. The Balaban J connectivity index is 0.765. The van der Waals surface area contributed by atoms with Crippen LogP contribution in [0.4, 0.5) is 17.1 Å². The molecular weight excluding hydrogens is 734 g/mol. The monoisotopic (exact) mass is 775 g/mol. The zero-order valence-corrected chi connectivity index (χ0v) is 31.8. The smallest absolute Gasteiger partial charge is 0.262 e. The number of nitrogens with zero attached hydrogens (tertiary/aromatic N) is 6. The number of likely N-dealkylation sites (tertiary alicyclic amines) is 1. The minimum atomic E-state index is -1.08. The molecule has 6 aliphatic rings. The second-order valence-electron chi connectivity index (χ2n) is 16.6. The lowest BCUT2D eigenvalue weighted by atomic mass is 9.76. The Labute approximate surface area is 329 Å². The van der Waals surface area contributed by atoms with E-state index in [4.69, 9.17) is 18.2 Å². The van der Waals surface area contributed by atoms with Gasteiger partial charge in [0.05, 0.1) is 30.8 Å². The molecule has 1 spiro atoms. The molecule has 3 aromatic rings. The minimum Gasteiger partial charge on any atom is -0.385 e. The Hall–Kier alpha value is -5.29. The van der Waals surface area contributed by atoms with Crippen LogP contribution < -0.4 is 15.1 Å². The van der Waals surface area contributed by atoms with Gasteiger partial charge < -0.3 is 19.8 Å². The summed E-state index contributed by atoms with van der Waals surface area (Å²) in [6.45, 7) is 14.1. The van der Waals surface area contributed by atoms with Gasteiger partial charge in [-0.25, -0.2) is 4.85 Å². The van der Waals surface area contributed by atoms with Crippen LogP contribution in [0.5, 0.6) is 0 Å². The number of carbonyl (C=O) groups is 5. The Morgan fingerprint density at radius 2 is 1.57 bits per heavy atom. The van der Waals surface area contributed by atoms with E-state index in [9.17, 15) is 29.1 Å². The largest absolute Gasteiger partial charge is 0.385 e. The number of piperidine rings is 2. The van der Waals surface area contributed by atoms with E-state index in [1.807, 2.05) is 36.4 Å². The van der Waals surface area contributed by atoms with Crippen molar-refractivity contribution < 1.29 is 29.1 Å². The molecule has 6 aliphatic heterocycles. The lowest BCUT2D eigenvalue weighted by Gasteiger charge is -2.48. The van der Waals surface area contributed by atoms with E-state index in [0.29, 0.717) is 41.9 Å². The first-order valence-corrected chi connectivity index (χ1v) is 19.6. The molecule has 3 aromatic carbocycles. The fourth-order valence-corrected chi connectivity index (χ4v) is 10.1. The molecule has 288 valence electrons. The third-order valence-corrected chi connectivity index (χ3v) is 13.1. The van der Waals surface area contributed by atoms with E-state index in [2.05, 4.69) is 31.8 Å². The Morgan fingerprint density at radius 3 is 2.18 bits per heavy atom. The SMILES string of the molecule is [C-]#[N+]c1ccc(N2CC3(CCN(c4ccc(C(=O)N5CC(O)(CN6Cc7cc8c(cc7C6)C(=O)N(C6CCC(=O)NC6=O)C8=O)C5)cc4)CC3)C[C@@H]2C)cc1Cl. The number of rotatable bonds is 6. The summed E-state index contributed by atoms with van der Waals surface area (Å²) in [4.78, 5) is 77.0. The fourth-order valence-electron chi connectivity index (χ4n) is 9.90. The molecule has 4 saturated heterocycles. The van der Waals surface area contributed by atoms with Gasteiger partial charge in [0.25, 0.3) is 17.7 Å². The highest BCUT2D eigenvalue weighted by atomic mass is 35.5. The van der Waals surface area contributed by atoms with Crippen molar-refractivity contribution in [3.63, 3.8) is 0 Å². The number of hydrogen-bond acceptors (Lipinski definition) is 9. The van der Waals surface area contributed by atoms with Crippen molar-refractivity contribution in [1.29, 1.82) is 0 Å². The van der Waals surface area contributed by atoms with Gasteiger partial charge >= 0.3 is 0 Å². The van der Waals surface area contributed by atoms with Crippen molar-refractivity contribution in [1.82, 2.24) is 20.0 Å². The molecule has 0 aliphatic carbocycles. The Bertz CT molecular complexity index is 2200. The molecule has 0 aromatic heterocycles. The summed E-state index contributed by atoms with van der Waals surface area (Å²) < 4.78 is 0. The number of imide groups is 2. The summed E-state index contributed by atoms with van der Waals surface area (Å²) in [5, 5.41) is 14.1. The highest BCUT2D eigenvalue weighted by Crippen LogP contribution is 2.46. The molecule has 0 saturated carbocycles. The van der Waals surface area contributed by atoms with Crippen LogP contribution in [0.2, 0.25) is 5.02 Å². The van der Waals surface area contributed by atoms with E-state index in [1.165, 1.54) is 0 Å². The highest BCUT2D eigenvalue weighted by molar-refractivity contribution is 6.33. The van der Waals surface area contributed by atoms with Crippen molar-refractivity contribution in [3.05, 3.63) is 98.9 Å². The van der Waals surface area contributed by atoms with Crippen LogP contribution in [0.1, 0.15) is 81.2 Å². The molecule has 0 radical (unpaired) electrons. The van der Waals surface area contributed by atoms with Gasteiger partial charge in [0.2, 0.25) is 17.5 Å². The molecule has 56 heavy (non-hydrogen) atoms. The number of aliphatic hydroxyl groups is 1. The molecule has 1 unspecified atom stereocenters. The number of fused-ring (bicyclic) bond motifs is 2. The van der Waals surface area contributed by atoms with E-state index in [0.717, 1.165) is 66.3 Å². The zero-order valence-electron chi connectivity index (χ0n) is 31.1. The van der Waals surface area contributed by atoms with Crippen molar-refractivity contribution in [3.8, 4) is 0 Å². The maximum Gasteiger partial charge on any atom is 0.262 e. The second-order valence-corrected chi connectivity index (χ2v) is 17.0. The summed E-state index contributed by atoms with van der Waals surface area (Å²) in [6, 6.07) is 16.3. The standard InChI is InChI=1S/C42H42ClN7O6/c1-25-18-41(21-49(25)30-7-8-34(44-2)33(43)17-30)11-13-47(14-12-41)29-5-3-26(4-6-29)38(53)48-23-42(56,24-48)22-46-19-27-15-31-32(16-28(27)20-46)40(55)50(39(31)54)35-9-10-36(51)45-37(35)52/h3-8,15-17,25,35,56H,9-14,18-24H2,1H3,(H,45,51,52)/t25-,35?/m0/s1. The lowest BCUT2D eigenvalue weighted by molar-refractivity contribution is -0.136. The number of nitrogens with one attached hydrogen (secondary N) is 1. The van der Waals surface area contributed by atoms with Gasteiger partial charge in [0.15, 0.2) is 0 Å². The molecular formula is C42H42ClN7O6. The summed E-state index contributed by atoms with van der Waals surface area (Å²) in [5.41, 5.74) is 4.61. The molecule has 4 fully saturated rings. The minimum absolute atomic E-state index is 0.0637. The molecule has 6 heterocycles. The molecule has 5 amide bonds. The van der Waals surface area contributed by atoms with E-state index >= 15 is 0 Å². The number of β-amino-alcohol motifs (C(OH)–C–C–N with tert-alkyl or cyclic N) is 1. The van der Waals surface area contributed by atoms with Crippen molar-refractivity contribution in [2.75, 3.05) is 49.1 Å². The van der Waals surface area contributed by atoms with Crippen LogP contribution in [0, 0.1) is 12.0 Å². The van der Waals surface area contributed by atoms with Crippen LogP contribution in [0.15, 0.2) is 54.6 Å². The number of carbonyl (C=O) groups excluding carboxylic acids is 5. The fraction of sp³-hybridized carbons (Fsp3) is 0.429. The van der Waals surface area contributed by atoms with E-state index in [1.54, 1.807) is 23.1 Å². The third-order valence-electron chi connectivity index (χ3n) is 12.8. The average molecular weight is 776 g/mol. The van der Waals surface area contributed by atoms with Crippen molar-refractivity contribution >= 4 is 58.2 Å². The number of benzene rings is 3. The van der Waals surface area contributed by atoms with E-state index < -0.39 is 35.3 Å². The van der Waals surface area contributed by atoms with Crippen LogP contribution in [-0.2, 0) is 22.7 Å². The summed E-state index contributed by atoms with van der Waals surface area (Å²) in [6.07, 6.45) is 3.42. The number of halogens is 1. The molecule has 2 N–H and O–H groups in total. The summed E-state index contributed by atoms with van der Waals surface area (Å²) in [5.74, 6) is -2.25. The van der Waals surface area contributed by atoms with Crippen molar-refractivity contribution in [2.45, 2.75) is 69.8 Å². The van der Waals surface area contributed by atoms with Gasteiger partial charge in [0.1, 0.15) is 11.6 Å². The predicted octanol–water partition coefficient (Wildman–Crippen LogP) is 4.38. The normalized spacial score (nSPS) is 24.0. The lowest BCUT2D eigenvalue weighted by Crippen LogP contribution is -2.67. The maximum absolute atomic E-state index is 13.4. The third kappa shape index (κ3) is 6.20. The van der Waals surface area contributed by atoms with Gasteiger partial charge in [-0.2, -0.15) is 0 Å². The molecule has 13 nitrogen and oxygen atoms in total. The Kier molecular flexibility index (Phi) is 8.72. The number of anilines is 2. The molecule has 9 rings (SSSR count). The topological polar surface area (TPSA) is 138 Å². The van der Waals surface area contributed by atoms with Gasteiger partial charge in [-0.15, -0.1) is 0 Å².